The van der Waals surface area contributed by atoms with Crippen molar-refractivity contribution in [3.05, 3.63) is 35.1 Å². The summed E-state index contributed by atoms with van der Waals surface area (Å²) < 4.78 is 14.1. The SMILES string of the molecule is CC(C)CN(Cc1ccc(C#CCO)cc1F)C(C)C. The Morgan fingerprint density at radius 2 is 1.95 bits per heavy atom. The zero-order valence-corrected chi connectivity index (χ0v) is 12.8. The predicted molar refractivity (Wildman–Crippen MR) is 80.7 cm³/mol. The second-order valence-corrected chi connectivity index (χ2v) is 5.68. The average molecular weight is 277 g/mol. The molecule has 20 heavy (non-hydrogen) atoms. The van der Waals surface area contributed by atoms with Crippen molar-refractivity contribution in [1.29, 1.82) is 0 Å². The number of hydrogen-bond acceptors (Lipinski definition) is 2. The Labute approximate surface area is 121 Å². The van der Waals surface area contributed by atoms with E-state index in [1.54, 1.807) is 12.1 Å². The van der Waals surface area contributed by atoms with E-state index in [9.17, 15) is 4.39 Å². The van der Waals surface area contributed by atoms with Gasteiger partial charge < -0.3 is 5.11 Å². The fourth-order valence-corrected chi connectivity index (χ4v) is 2.04. The maximum Gasteiger partial charge on any atom is 0.128 e. The van der Waals surface area contributed by atoms with Crippen LogP contribution in [0.5, 0.6) is 0 Å². The number of benzene rings is 1. The molecule has 1 aromatic carbocycles. The molecule has 0 aliphatic rings. The van der Waals surface area contributed by atoms with Crippen LogP contribution in [-0.4, -0.2) is 29.2 Å². The molecule has 3 heteroatoms. The molecule has 0 unspecified atom stereocenters. The van der Waals surface area contributed by atoms with E-state index in [4.69, 9.17) is 5.11 Å². The van der Waals surface area contributed by atoms with E-state index in [1.165, 1.54) is 6.07 Å². The van der Waals surface area contributed by atoms with Gasteiger partial charge in [-0.15, -0.1) is 0 Å². The van der Waals surface area contributed by atoms with Gasteiger partial charge in [0, 0.05) is 30.3 Å². The summed E-state index contributed by atoms with van der Waals surface area (Å²) in [5.74, 6) is 5.56. The summed E-state index contributed by atoms with van der Waals surface area (Å²) in [7, 11) is 0. The summed E-state index contributed by atoms with van der Waals surface area (Å²) in [5, 5.41) is 8.64. The molecule has 0 fully saturated rings. The molecule has 2 nitrogen and oxygen atoms in total. The van der Waals surface area contributed by atoms with Crippen LogP contribution >= 0.6 is 0 Å². The van der Waals surface area contributed by atoms with Gasteiger partial charge in [0.2, 0.25) is 0 Å². The first kappa shape index (κ1) is 16.7. The van der Waals surface area contributed by atoms with Crippen molar-refractivity contribution in [1.82, 2.24) is 4.90 Å². The van der Waals surface area contributed by atoms with Crippen LogP contribution in [0.2, 0.25) is 0 Å². The molecule has 1 rings (SSSR count). The highest BCUT2D eigenvalue weighted by molar-refractivity contribution is 5.37. The molecule has 0 amide bonds. The molecular weight excluding hydrogens is 253 g/mol. The zero-order valence-electron chi connectivity index (χ0n) is 12.8. The molecule has 1 N–H and O–H groups in total. The first-order chi connectivity index (χ1) is 9.43. The third kappa shape index (κ3) is 5.32. The lowest BCUT2D eigenvalue weighted by Crippen LogP contribution is -2.33. The Morgan fingerprint density at radius 1 is 1.25 bits per heavy atom. The summed E-state index contributed by atoms with van der Waals surface area (Å²) in [6.45, 7) is 9.93. The molecule has 0 radical (unpaired) electrons. The highest BCUT2D eigenvalue weighted by atomic mass is 19.1. The van der Waals surface area contributed by atoms with Gasteiger partial charge in [0.05, 0.1) is 0 Å². The number of hydrogen-bond donors (Lipinski definition) is 1. The van der Waals surface area contributed by atoms with E-state index in [0.717, 1.165) is 6.54 Å². The number of rotatable bonds is 5. The lowest BCUT2D eigenvalue weighted by Gasteiger charge is -2.28. The third-order valence-electron chi connectivity index (χ3n) is 3.07. The number of aliphatic hydroxyl groups excluding tert-OH is 1. The molecule has 0 aliphatic carbocycles. The van der Waals surface area contributed by atoms with Crippen molar-refractivity contribution in [2.24, 2.45) is 5.92 Å². The van der Waals surface area contributed by atoms with E-state index in [0.29, 0.717) is 29.6 Å². The molecule has 0 saturated heterocycles. The minimum atomic E-state index is -0.232. The summed E-state index contributed by atoms with van der Waals surface area (Å²) in [6, 6.07) is 5.40. The number of aliphatic hydroxyl groups is 1. The fraction of sp³-hybridized carbons (Fsp3) is 0.529. The molecule has 1 aromatic rings. The van der Waals surface area contributed by atoms with Gasteiger partial charge in [-0.1, -0.05) is 31.8 Å². The van der Waals surface area contributed by atoms with Gasteiger partial charge in [-0.3, -0.25) is 4.90 Å². The second-order valence-electron chi connectivity index (χ2n) is 5.68. The predicted octanol–water partition coefficient (Wildman–Crippen LogP) is 3.04. The average Bonchev–Trinajstić information content (AvgIpc) is 2.37. The maximum atomic E-state index is 14.1. The van der Waals surface area contributed by atoms with Gasteiger partial charge in [-0.2, -0.15) is 0 Å². The van der Waals surface area contributed by atoms with Gasteiger partial charge in [0.25, 0.3) is 0 Å². The van der Waals surface area contributed by atoms with Crippen LogP contribution in [-0.2, 0) is 6.54 Å². The molecular formula is C17H24FNO. The first-order valence-electron chi connectivity index (χ1n) is 7.06. The van der Waals surface area contributed by atoms with E-state index in [1.807, 2.05) is 0 Å². The molecule has 0 atom stereocenters. The summed E-state index contributed by atoms with van der Waals surface area (Å²) in [5.41, 5.74) is 1.29. The van der Waals surface area contributed by atoms with Gasteiger partial charge in [-0.25, -0.2) is 4.39 Å². The van der Waals surface area contributed by atoms with Crippen LogP contribution < -0.4 is 0 Å². The fourth-order valence-electron chi connectivity index (χ4n) is 2.04. The summed E-state index contributed by atoms with van der Waals surface area (Å²) in [4.78, 5) is 2.27. The van der Waals surface area contributed by atoms with Crippen LogP contribution in [0.4, 0.5) is 4.39 Å². The van der Waals surface area contributed by atoms with Crippen LogP contribution in [0.3, 0.4) is 0 Å². The van der Waals surface area contributed by atoms with Crippen molar-refractivity contribution in [2.45, 2.75) is 40.3 Å². The Morgan fingerprint density at radius 3 is 2.45 bits per heavy atom. The maximum absolute atomic E-state index is 14.1. The molecule has 0 saturated carbocycles. The first-order valence-corrected chi connectivity index (χ1v) is 7.06. The number of halogens is 1. The quantitative estimate of drug-likeness (QED) is 0.836. The Hall–Kier alpha value is -1.37. The minimum Gasteiger partial charge on any atom is -0.384 e. The molecule has 0 heterocycles. The van der Waals surface area contributed by atoms with Crippen molar-refractivity contribution in [2.75, 3.05) is 13.2 Å². The zero-order chi connectivity index (χ0) is 15.1. The normalized spacial score (nSPS) is 11.1. The lowest BCUT2D eigenvalue weighted by molar-refractivity contribution is 0.187. The topological polar surface area (TPSA) is 23.5 Å². The van der Waals surface area contributed by atoms with Crippen LogP contribution in [0.25, 0.3) is 0 Å². The highest BCUT2D eigenvalue weighted by Gasteiger charge is 2.14. The van der Waals surface area contributed by atoms with E-state index >= 15 is 0 Å². The largest absolute Gasteiger partial charge is 0.384 e. The summed E-state index contributed by atoms with van der Waals surface area (Å²) >= 11 is 0. The number of nitrogens with zero attached hydrogens (tertiary/aromatic N) is 1. The van der Waals surface area contributed by atoms with E-state index in [-0.39, 0.29) is 12.4 Å². The molecule has 0 aliphatic heterocycles. The third-order valence-corrected chi connectivity index (χ3v) is 3.07. The molecule has 0 aromatic heterocycles. The van der Waals surface area contributed by atoms with Crippen LogP contribution in [0.15, 0.2) is 18.2 Å². The Balaban J connectivity index is 2.85. The highest BCUT2D eigenvalue weighted by Crippen LogP contribution is 2.15. The van der Waals surface area contributed by atoms with Gasteiger partial charge in [0.15, 0.2) is 0 Å². The lowest BCUT2D eigenvalue weighted by atomic mass is 10.1. The second kappa shape index (κ2) is 8.04. The van der Waals surface area contributed by atoms with E-state index < -0.39 is 0 Å². The van der Waals surface area contributed by atoms with Crippen LogP contribution in [0, 0.1) is 23.6 Å². The van der Waals surface area contributed by atoms with Gasteiger partial charge in [0.1, 0.15) is 12.4 Å². The molecule has 0 spiro atoms. The van der Waals surface area contributed by atoms with Crippen molar-refractivity contribution in [3.8, 4) is 11.8 Å². The standard InChI is InChI=1S/C17H24FNO/c1-13(2)11-19(14(3)4)12-16-8-7-15(6-5-9-20)10-17(16)18/h7-8,10,13-14,20H,9,11-12H2,1-4H3. The molecule has 110 valence electrons. The smallest absolute Gasteiger partial charge is 0.128 e. The molecule has 0 bridgehead atoms. The van der Waals surface area contributed by atoms with Gasteiger partial charge >= 0.3 is 0 Å². The minimum absolute atomic E-state index is 0.209. The summed E-state index contributed by atoms with van der Waals surface area (Å²) in [6.07, 6.45) is 0. The van der Waals surface area contributed by atoms with Crippen molar-refractivity contribution >= 4 is 0 Å². The van der Waals surface area contributed by atoms with E-state index in [2.05, 4.69) is 44.4 Å². The van der Waals surface area contributed by atoms with Gasteiger partial charge in [-0.05, 0) is 31.9 Å². The monoisotopic (exact) mass is 277 g/mol. The van der Waals surface area contributed by atoms with Crippen molar-refractivity contribution < 1.29 is 9.50 Å². The Bertz CT molecular complexity index is 485. The van der Waals surface area contributed by atoms with Crippen LogP contribution in [0.1, 0.15) is 38.8 Å². The Kier molecular flexibility index (Phi) is 6.70. The van der Waals surface area contributed by atoms with Crippen molar-refractivity contribution in [3.63, 3.8) is 0 Å².